The van der Waals surface area contributed by atoms with Crippen molar-refractivity contribution in [2.24, 2.45) is 5.73 Å². The Morgan fingerprint density at radius 1 is 1.53 bits per heavy atom. The van der Waals surface area contributed by atoms with Gasteiger partial charge in [0.2, 0.25) is 5.91 Å². The average molecular weight is 214 g/mol. The normalized spacial score (nSPS) is 28.5. The summed E-state index contributed by atoms with van der Waals surface area (Å²) in [5, 5.41) is 12.5. The number of rotatable bonds is 4. The highest BCUT2D eigenvalue weighted by Crippen LogP contribution is 2.18. The molecule has 0 aromatic rings. The van der Waals surface area contributed by atoms with Crippen molar-refractivity contribution in [1.29, 1.82) is 0 Å². The maximum Gasteiger partial charge on any atom is 0.237 e. The Labute approximate surface area is 91.2 Å². The Morgan fingerprint density at radius 3 is 2.80 bits per heavy atom. The van der Waals surface area contributed by atoms with Gasteiger partial charge < -0.3 is 16.2 Å². The van der Waals surface area contributed by atoms with Crippen molar-refractivity contribution in [3.8, 4) is 0 Å². The Balaban J connectivity index is 2.35. The summed E-state index contributed by atoms with van der Waals surface area (Å²) < 4.78 is 0. The van der Waals surface area contributed by atoms with Crippen LogP contribution in [0.5, 0.6) is 0 Å². The lowest BCUT2D eigenvalue weighted by atomic mass is 9.92. The second kappa shape index (κ2) is 6.08. The Hall–Kier alpha value is -0.610. The molecule has 4 heteroatoms. The maximum atomic E-state index is 11.6. The number of amides is 1. The summed E-state index contributed by atoms with van der Waals surface area (Å²) in [4.78, 5) is 11.6. The van der Waals surface area contributed by atoms with Crippen LogP contribution in [-0.2, 0) is 4.79 Å². The molecule has 0 saturated heterocycles. The number of hydrogen-bond donors (Lipinski definition) is 3. The van der Waals surface area contributed by atoms with Crippen LogP contribution in [0.25, 0.3) is 0 Å². The molecule has 0 aromatic heterocycles. The standard InChI is InChI=1S/C11H22N2O2/c1-2-5-8(12)11(15)13-9-6-3-4-7-10(9)14/h8-10,14H,2-7,12H2,1H3,(H,13,15)/t8?,9-,10-/m1/s1. The van der Waals surface area contributed by atoms with E-state index < -0.39 is 12.1 Å². The molecule has 0 heterocycles. The Morgan fingerprint density at radius 2 is 2.20 bits per heavy atom. The smallest absolute Gasteiger partial charge is 0.237 e. The van der Waals surface area contributed by atoms with E-state index in [1.165, 1.54) is 0 Å². The molecule has 4 N–H and O–H groups in total. The first kappa shape index (κ1) is 12.5. The summed E-state index contributed by atoms with van der Waals surface area (Å²) in [5.74, 6) is -0.122. The van der Waals surface area contributed by atoms with Crippen molar-refractivity contribution in [1.82, 2.24) is 5.32 Å². The SMILES string of the molecule is CCCC(N)C(=O)N[C@@H]1CCCC[C@H]1O. The highest BCUT2D eigenvalue weighted by atomic mass is 16.3. The van der Waals surface area contributed by atoms with Crippen LogP contribution in [0.4, 0.5) is 0 Å². The first-order valence-corrected chi connectivity index (χ1v) is 5.89. The molecule has 1 fully saturated rings. The van der Waals surface area contributed by atoms with Gasteiger partial charge in [0.05, 0.1) is 18.2 Å². The molecule has 1 amide bonds. The van der Waals surface area contributed by atoms with Crippen LogP contribution < -0.4 is 11.1 Å². The van der Waals surface area contributed by atoms with Crippen LogP contribution in [0.2, 0.25) is 0 Å². The van der Waals surface area contributed by atoms with Gasteiger partial charge in [-0.25, -0.2) is 0 Å². The second-order valence-electron chi connectivity index (χ2n) is 4.36. The van der Waals surface area contributed by atoms with Crippen LogP contribution in [-0.4, -0.2) is 29.2 Å². The van der Waals surface area contributed by atoms with Crippen LogP contribution in [0.15, 0.2) is 0 Å². The lowest BCUT2D eigenvalue weighted by Gasteiger charge is -2.29. The molecule has 0 aliphatic heterocycles. The van der Waals surface area contributed by atoms with Crippen LogP contribution in [0.1, 0.15) is 45.4 Å². The molecule has 0 aromatic carbocycles. The zero-order valence-corrected chi connectivity index (χ0v) is 9.41. The third-order valence-corrected chi connectivity index (χ3v) is 2.99. The van der Waals surface area contributed by atoms with E-state index in [0.717, 1.165) is 32.1 Å². The largest absolute Gasteiger partial charge is 0.391 e. The monoisotopic (exact) mass is 214 g/mol. The van der Waals surface area contributed by atoms with Gasteiger partial charge in [-0.15, -0.1) is 0 Å². The first-order chi connectivity index (χ1) is 7.15. The maximum absolute atomic E-state index is 11.6. The van der Waals surface area contributed by atoms with Crippen LogP contribution in [0, 0.1) is 0 Å². The van der Waals surface area contributed by atoms with Crippen molar-refractivity contribution < 1.29 is 9.90 Å². The summed E-state index contributed by atoms with van der Waals surface area (Å²) in [6, 6.07) is -0.515. The fourth-order valence-corrected chi connectivity index (χ4v) is 2.01. The van der Waals surface area contributed by atoms with Crippen molar-refractivity contribution in [2.75, 3.05) is 0 Å². The average Bonchev–Trinajstić information content (AvgIpc) is 2.21. The van der Waals surface area contributed by atoms with E-state index in [1.54, 1.807) is 0 Å². The highest BCUT2D eigenvalue weighted by Gasteiger charge is 2.25. The molecule has 88 valence electrons. The number of hydrogen-bond acceptors (Lipinski definition) is 3. The van der Waals surface area contributed by atoms with E-state index in [0.29, 0.717) is 6.42 Å². The number of aliphatic hydroxyl groups is 1. The highest BCUT2D eigenvalue weighted by molar-refractivity contribution is 5.81. The molecule has 1 aliphatic carbocycles. The molecular formula is C11H22N2O2. The van der Waals surface area contributed by atoms with Crippen LogP contribution in [0.3, 0.4) is 0 Å². The number of nitrogens with two attached hydrogens (primary N) is 1. The topological polar surface area (TPSA) is 75.4 Å². The minimum Gasteiger partial charge on any atom is -0.391 e. The summed E-state index contributed by atoms with van der Waals surface area (Å²) in [7, 11) is 0. The summed E-state index contributed by atoms with van der Waals surface area (Å²) in [5.41, 5.74) is 5.70. The van der Waals surface area contributed by atoms with E-state index in [4.69, 9.17) is 5.73 Å². The van der Waals surface area contributed by atoms with Crippen LogP contribution >= 0.6 is 0 Å². The van der Waals surface area contributed by atoms with Crippen molar-refractivity contribution >= 4 is 5.91 Å². The minimum absolute atomic E-state index is 0.0887. The third kappa shape index (κ3) is 3.80. The fourth-order valence-electron chi connectivity index (χ4n) is 2.01. The zero-order valence-electron chi connectivity index (χ0n) is 9.41. The molecule has 0 bridgehead atoms. The summed E-state index contributed by atoms with van der Waals surface area (Å²) >= 11 is 0. The van der Waals surface area contributed by atoms with Gasteiger partial charge in [-0.2, -0.15) is 0 Å². The number of carbonyl (C=O) groups excluding carboxylic acids is 1. The van der Waals surface area contributed by atoms with E-state index in [1.807, 2.05) is 6.92 Å². The molecule has 1 rings (SSSR count). The Bertz CT molecular complexity index is 209. The zero-order chi connectivity index (χ0) is 11.3. The van der Waals surface area contributed by atoms with E-state index in [2.05, 4.69) is 5.32 Å². The molecule has 15 heavy (non-hydrogen) atoms. The molecule has 4 nitrogen and oxygen atoms in total. The van der Waals surface area contributed by atoms with E-state index in [9.17, 15) is 9.90 Å². The summed E-state index contributed by atoms with van der Waals surface area (Å²) in [6.07, 6.45) is 4.99. The van der Waals surface area contributed by atoms with Gasteiger partial charge in [0, 0.05) is 0 Å². The van der Waals surface area contributed by atoms with Gasteiger partial charge >= 0.3 is 0 Å². The van der Waals surface area contributed by atoms with E-state index >= 15 is 0 Å². The van der Waals surface area contributed by atoms with Crippen molar-refractivity contribution in [3.05, 3.63) is 0 Å². The van der Waals surface area contributed by atoms with Crippen molar-refractivity contribution in [2.45, 2.75) is 63.6 Å². The van der Waals surface area contributed by atoms with E-state index in [-0.39, 0.29) is 11.9 Å². The lowest BCUT2D eigenvalue weighted by molar-refractivity contribution is -0.124. The fraction of sp³-hybridized carbons (Fsp3) is 0.909. The molecule has 3 atom stereocenters. The second-order valence-corrected chi connectivity index (χ2v) is 4.36. The molecule has 0 radical (unpaired) electrons. The van der Waals surface area contributed by atoms with Gasteiger partial charge in [-0.1, -0.05) is 26.2 Å². The Kier molecular flexibility index (Phi) is 5.05. The first-order valence-electron chi connectivity index (χ1n) is 5.89. The molecule has 1 saturated carbocycles. The lowest BCUT2D eigenvalue weighted by Crippen LogP contribution is -2.50. The van der Waals surface area contributed by atoms with Gasteiger partial charge in [-0.3, -0.25) is 4.79 Å². The van der Waals surface area contributed by atoms with Gasteiger partial charge in [-0.05, 0) is 19.3 Å². The predicted octanol–water partition coefficient (Wildman–Crippen LogP) is 0.533. The molecule has 0 spiro atoms. The number of carbonyl (C=O) groups is 1. The summed E-state index contributed by atoms with van der Waals surface area (Å²) in [6.45, 7) is 2.00. The molecule has 1 aliphatic rings. The molecular weight excluding hydrogens is 192 g/mol. The minimum atomic E-state index is -0.427. The van der Waals surface area contributed by atoms with Gasteiger partial charge in [0.15, 0.2) is 0 Å². The van der Waals surface area contributed by atoms with Gasteiger partial charge in [0.1, 0.15) is 0 Å². The molecule has 1 unspecified atom stereocenters. The van der Waals surface area contributed by atoms with Crippen molar-refractivity contribution in [3.63, 3.8) is 0 Å². The number of nitrogens with one attached hydrogen (secondary N) is 1. The van der Waals surface area contributed by atoms with Gasteiger partial charge in [0.25, 0.3) is 0 Å². The third-order valence-electron chi connectivity index (χ3n) is 2.99. The predicted molar refractivity (Wildman–Crippen MR) is 59.3 cm³/mol. The quantitative estimate of drug-likeness (QED) is 0.639. The number of aliphatic hydroxyl groups excluding tert-OH is 1.